The molecule has 92 valence electrons. The normalized spacial score (nSPS) is 19.6. The molecule has 17 heavy (non-hydrogen) atoms. The van der Waals surface area contributed by atoms with E-state index in [0.717, 1.165) is 24.2 Å². The number of ether oxygens (including phenoxy) is 1. The van der Waals surface area contributed by atoms with Gasteiger partial charge in [-0.15, -0.1) is 0 Å². The molecule has 0 radical (unpaired) electrons. The van der Waals surface area contributed by atoms with Gasteiger partial charge in [-0.05, 0) is 24.0 Å². The summed E-state index contributed by atoms with van der Waals surface area (Å²) in [4.78, 5) is 12.2. The van der Waals surface area contributed by atoms with Gasteiger partial charge in [0.05, 0.1) is 12.6 Å². The van der Waals surface area contributed by atoms with Gasteiger partial charge in [0.25, 0.3) is 5.91 Å². The van der Waals surface area contributed by atoms with Gasteiger partial charge in [0.15, 0.2) is 0 Å². The zero-order valence-corrected chi connectivity index (χ0v) is 10.4. The second kappa shape index (κ2) is 5.32. The highest BCUT2D eigenvalue weighted by atomic mass is 16.5. The van der Waals surface area contributed by atoms with Gasteiger partial charge in [-0.3, -0.25) is 4.79 Å². The second-order valence-corrected chi connectivity index (χ2v) is 4.78. The topological polar surface area (TPSA) is 38.3 Å². The minimum absolute atomic E-state index is 0.0183. The first-order valence-corrected chi connectivity index (χ1v) is 6.16. The van der Waals surface area contributed by atoms with E-state index in [1.165, 1.54) is 0 Å². The third-order valence-electron chi connectivity index (χ3n) is 3.09. The summed E-state index contributed by atoms with van der Waals surface area (Å²) in [5, 5.41) is 3.03. The molecule has 1 N–H and O–H groups in total. The lowest BCUT2D eigenvalue weighted by molar-refractivity contribution is 0.0928. The molecule has 0 spiro atoms. The van der Waals surface area contributed by atoms with Crippen LogP contribution >= 0.6 is 0 Å². The highest BCUT2D eigenvalue weighted by Gasteiger charge is 2.20. The van der Waals surface area contributed by atoms with E-state index in [1.54, 1.807) is 0 Å². The fourth-order valence-corrected chi connectivity index (χ4v) is 2.12. The van der Waals surface area contributed by atoms with Crippen LogP contribution in [0.5, 0.6) is 0 Å². The van der Waals surface area contributed by atoms with Gasteiger partial charge in [-0.1, -0.05) is 32.0 Å². The first-order valence-electron chi connectivity index (χ1n) is 6.16. The zero-order chi connectivity index (χ0) is 12.3. The highest BCUT2D eigenvalue weighted by Crippen LogP contribution is 2.19. The molecule has 3 nitrogen and oxygen atoms in total. The quantitative estimate of drug-likeness (QED) is 0.870. The molecule has 0 aromatic heterocycles. The van der Waals surface area contributed by atoms with Crippen molar-refractivity contribution in [2.75, 3.05) is 13.2 Å². The lowest BCUT2D eigenvalue weighted by Crippen LogP contribution is -2.35. The Balaban J connectivity index is 2.12. The van der Waals surface area contributed by atoms with Crippen molar-refractivity contribution >= 4 is 5.91 Å². The van der Waals surface area contributed by atoms with Crippen molar-refractivity contribution in [3.05, 3.63) is 35.4 Å². The third kappa shape index (κ3) is 2.86. The van der Waals surface area contributed by atoms with E-state index >= 15 is 0 Å². The second-order valence-electron chi connectivity index (χ2n) is 4.78. The van der Waals surface area contributed by atoms with Crippen molar-refractivity contribution in [2.45, 2.75) is 32.2 Å². The number of amides is 1. The van der Waals surface area contributed by atoms with Crippen molar-refractivity contribution in [1.29, 1.82) is 0 Å². The van der Waals surface area contributed by atoms with Crippen LogP contribution in [0.4, 0.5) is 0 Å². The van der Waals surface area contributed by atoms with Gasteiger partial charge in [0.2, 0.25) is 0 Å². The largest absolute Gasteiger partial charge is 0.379 e. The fourth-order valence-electron chi connectivity index (χ4n) is 2.12. The van der Waals surface area contributed by atoms with E-state index in [0.29, 0.717) is 12.5 Å². The molecule has 1 atom stereocenters. The van der Waals surface area contributed by atoms with Crippen LogP contribution in [-0.2, 0) is 4.74 Å². The van der Waals surface area contributed by atoms with E-state index in [9.17, 15) is 4.79 Å². The number of hydrogen-bond donors (Lipinski definition) is 1. The average molecular weight is 233 g/mol. The summed E-state index contributed by atoms with van der Waals surface area (Å²) in [5.41, 5.74) is 1.89. The molecule has 1 aromatic carbocycles. The maximum Gasteiger partial charge on any atom is 0.251 e. The zero-order valence-electron chi connectivity index (χ0n) is 10.4. The van der Waals surface area contributed by atoms with Crippen molar-refractivity contribution < 1.29 is 9.53 Å². The van der Waals surface area contributed by atoms with Crippen molar-refractivity contribution in [3.63, 3.8) is 0 Å². The average Bonchev–Trinajstić information content (AvgIpc) is 2.81. The molecule has 0 saturated carbocycles. The number of nitrogens with one attached hydrogen (secondary N) is 1. The Bertz CT molecular complexity index is 395. The summed E-state index contributed by atoms with van der Waals surface area (Å²) in [6.07, 6.45) is 0.912. The van der Waals surface area contributed by atoms with Gasteiger partial charge in [0, 0.05) is 12.2 Å². The summed E-state index contributed by atoms with van der Waals surface area (Å²) in [5.74, 6) is 0.376. The molecule has 1 aliphatic rings. The molecule has 1 saturated heterocycles. The molecule has 1 amide bonds. The Morgan fingerprint density at radius 1 is 1.41 bits per heavy atom. The first-order chi connectivity index (χ1) is 8.18. The van der Waals surface area contributed by atoms with Gasteiger partial charge in [0.1, 0.15) is 0 Å². The Labute approximate surface area is 102 Å². The van der Waals surface area contributed by atoms with Crippen LogP contribution in [0, 0.1) is 0 Å². The molecule has 1 fully saturated rings. The number of hydrogen-bond acceptors (Lipinski definition) is 2. The Hall–Kier alpha value is -1.35. The number of carbonyl (C=O) groups is 1. The summed E-state index contributed by atoms with van der Waals surface area (Å²) < 4.78 is 5.26. The van der Waals surface area contributed by atoms with Gasteiger partial charge < -0.3 is 10.1 Å². The maximum atomic E-state index is 12.2. The van der Waals surface area contributed by atoms with Crippen LogP contribution in [-0.4, -0.2) is 25.2 Å². The summed E-state index contributed by atoms with van der Waals surface area (Å²) in [7, 11) is 0. The van der Waals surface area contributed by atoms with Crippen molar-refractivity contribution in [1.82, 2.24) is 5.32 Å². The predicted octanol–water partition coefficient (Wildman–Crippen LogP) is 2.33. The Morgan fingerprint density at radius 2 is 2.18 bits per heavy atom. The van der Waals surface area contributed by atoms with Crippen LogP contribution in [0.15, 0.2) is 24.3 Å². The lowest BCUT2D eigenvalue weighted by Gasteiger charge is -2.15. The van der Waals surface area contributed by atoms with Crippen LogP contribution in [0.2, 0.25) is 0 Å². The number of carbonyl (C=O) groups excluding carboxylic acids is 1. The Morgan fingerprint density at radius 3 is 2.82 bits per heavy atom. The third-order valence-corrected chi connectivity index (χ3v) is 3.09. The molecular weight excluding hydrogens is 214 g/mol. The molecule has 1 heterocycles. The van der Waals surface area contributed by atoms with Crippen molar-refractivity contribution in [3.8, 4) is 0 Å². The molecule has 1 aromatic rings. The summed E-state index contributed by atoms with van der Waals surface area (Å²) >= 11 is 0. The molecule has 2 rings (SSSR count). The first kappa shape index (κ1) is 12.1. The van der Waals surface area contributed by atoms with Gasteiger partial charge in [-0.25, -0.2) is 0 Å². The van der Waals surface area contributed by atoms with E-state index in [2.05, 4.69) is 19.2 Å². The molecule has 0 unspecified atom stereocenters. The van der Waals surface area contributed by atoms with E-state index in [-0.39, 0.29) is 11.9 Å². The number of benzene rings is 1. The number of rotatable bonds is 3. The maximum absolute atomic E-state index is 12.2. The van der Waals surface area contributed by atoms with E-state index < -0.39 is 0 Å². The molecular formula is C14H19NO2. The molecule has 0 bridgehead atoms. The highest BCUT2D eigenvalue weighted by molar-refractivity contribution is 5.96. The van der Waals surface area contributed by atoms with Crippen LogP contribution < -0.4 is 5.32 Å². The predicted molar refractivity (Wildman–Crippen MR) is 67.2 cm³/mol. The minimum Gasteiger partial charge on any atom is -0.379 e. The summed E-state index contributed by atoms with van der Waals surface area (Å²) in [6.45, 7) is 5.59. The SMILES string of the molecule is CC(C)c1ccccc1C(=O)N[C@H]1CCOC1. The van der Waals surface area contributed by atoms with Crippen LogP contribution in [0.25, 0.3) is 0 Å². The fraction of sp³-hybridized carbons (Fsp3) is 0.500. The molecule has 1 aliphatic heterocycles. The van der Waals surface area contributed by atoms with Gasteiger partial charge in [-0.2, -0.15) is 0 Å². The van der Waals surface area contributed by atoms with Crippen LogP contribution in [0.1, 0.15) is 42.1 Å². The smallest absolute Gasteiger partial charge is 0.251 e. The van der Waals surface area contributed by atoms with E-state index in [4.69, 9.17) is 4.74 Å². The minimum atomic E-state index is 0.0183. The Kier molecular flexibility index (Phi) is 3.79. The van der Waals surface area contributed by atoms with Gasteiger partial charge >= 0.3 is 0 Å². The molecule has 0 aliphatic carbocycles. The monoisotopic (exact) mass is 233 g/mol. The standard InChI is InChI=1S/C14H19NO2/c1-10(2)12-5-3-4-6-13(12)14(16)15-11-7-8-17-9-11/h3-6,10-11H,7-9H2,1-2H3,(H,15,16)/t11-/m0/s1. The van der Waals surface area contributed by atoms with Crippen molar-refractivity contribution in [2.24, 2.45) is 0 Å². The van der Waals surface area contributed by atoms with Crippen LogP contribution in [0.3, 0.4) is 0 Å². The summed E-state index contributed by atoms with van der Waals surface area (Å²) in [6, 6.07) is 7.96. The lowest BCUT2D eigenvalue weighted by atomic mass is 9.96. The molecule has 3 heteroatoms. The van der Waals surface area contributed by atoms with E-state index in [1.807, 2.05) is 24.3 Å².